The summed E-state index contributed by atoms with van der Waals surface area (Å²) < 4.78 is 33.7. The Morgan fingerprint density at radius 3 is 2.12 bits per heavy atom. The summed E-state index contributed by atoms with van der Waals surface area (Å²) >= 11 is 0. The number of aromatic amines is 1. The van der Waals surface area contributed by atoms with E-state index in [9.17, 15) is 19.1 Å². The minimum atomic E-state index is -2.33. The number of ether oxygens (including phenoxy) is 1. The van der Waals surface area contributed by atoms with Crippen LogP contribution in [0, 0.1) is 5.82 Å². The molecule has 1 aromatic heterocycles. The molecule has 1 saturated heterocycles. The van der Waals surface area contributed by atoms with Crippen LogP contribution in [-0.4, -0.2) is 56.2 Å². The molecule has 0 aromatic carbocycles. The van der Waals surface area contributed by atoms with Gasteiger partial charge in [-0.05, 0) is 36.3 Å². The van der Waals surface area contributed by atoms with Crippen LogP contribution in [0.1, 0.15) is 47.8 Å². The normalized spacial score (nSPS) is 25.4. The SMILES string of the molecule is CC(C)(C)[Si](C)(C)OC[C@H]1O[C@@H](n2cc(F)c(=O)[nH]c2=O)[C@H](O)[C@@H]1O[Si](C)(C)C(C)(C)C. The van der Waals surface area contributed by atoms with Gasteiger partial charge in [0.2, 0.25) is 5.82 Å². The molecule has 0 bridgehead atoms. The Labute approximate surface area is 191 Å². The molecule has 2 N–H and O–H groups in total. The Kier molecular flexibility index (Phi) is 7.56. The van der Waals surface area contributed by atoms with Crippen molar-refractivity contribution in [2.45, 2.75) is 102 Å². The second-order valence-electron chi connectivity index (χ2n) is 11.6. The van der Waals surface area contributed by atoms with E-state index < -0.39 is 58.2 Å². The van der Waals surface area contributed by atoms with E-state index in [0.29, 0.717) is 0 Å². The number of H-pyrrole nitrogens is 1. The maximum absolute atomic E-state index is 13.9. The maximum Gasteiger partial charge on any atom is 0.330 e. The molecule has 32 heavy (non-hydrogen) atoms. The molecule has 0 saturated carbocycles. The van der Waals surface area contributed by atoms with Gasteiger partial charge in [0, 0.05) is 0 Å². The summed E-state index contributed by atoms with van der Waals surface area (Å²) in [6.45, 7) is 21.1. The molecule has 1 fully saturated rings. The highest BCUT2D eigenvalue weighted by Crippen LogP contribution is 2.42. The van der Waals surface area contributed by atoms with Gasteiger partial charge in [-0.1, -0.05) is 41.5 Å². The third-order valence-electron chi connectivity index (χ3n) is 7.16. The summed E-state index contributed by atoms with van der Waals surface area (Å²) in [6, 6.07) is 0. The number of nitrogens with one attached hydrogen (secondary N) is 1. The average Bonchev–Trinajstić information content (AvgIpc) is 2.90. The Morgan fingerprint density at radius 1 is 1.09 bits per heavy atom. The zero-order valence-corrected chi connectivity index (χ0v) is 22.9. The summed E-state index contributed by atoms with van der Waals surface area (Å²) in [5.41, 5.74) is -1.98. The zero-order valence-electron chi connectivity index (χ0n) is 20.9. The van der Waals surface area contributed by atoms with E-state index >= 15 is 0 Å². The van der Waals surface area contributed by atoms with E-state index in [2.05, 4.69) is 67.7 Å². The largest absolute Gasteiger partial charge is 0.414 e. The molecule has 0 spiro atoms. The van der Waals surface area contributed by atoms with Crippen molar-refractivity contribution in [1.82, 2.24) is 9.55 Å². The molecule has 0 unspecified atom stereocenters. The summed E-state index contributed by atoms with van der Waals surface area (Å²) in [7, 11) is -4.46. The predicted octanol–water partition coefficient (Wildman–Crippen LogP) is 3.35. The fourth-order valence-corrected chi connectivity index (χ4v) is 5.24. The molecule has 8 nitrogen and oxygen atoms in total. The van der Waals surface area contributed by atoms with Crippen LogP contribution >= 0.6 is 0 Å². The number of hydrogen-bond acceptors (Lipinski definition) is 6. The second kappa shape index (κ2) is 8.91. The van der Waals surface area contributed by atoms with Crippen molar-refractivity contribution in [3.63, 3.8) is 0 Å². The minimum Gasteiger partial charge on any atom is -0.414 e. The molecular weight excluding hydrogens is 451 g/mol. The van der Waals surface area contributed by atoms with Crippen molar-refractivity contribution in [3.05, 3.63) is 32.9 Å². The first kappa shape index (κ1) is 27.1. The highest BCUT2D eigenvalue weighted by molar-refractivity contribution is 6.74. The lowest BCUT2D eigenvalue weighted by molar-refractivity contribution is -0.0533. The highest BCUT2D eigenvalue weighted by Gasteiger charge is 2.51. The van der Waals surface area contributed by atoms with Crippen LogP contribution in [0.15, 0.2) is 15.8 Å². The fourth-order valence-electron chi connectivity index (χ4n) is 2.90. The smallest absolute Gasteiger partial charge is 0.330 e. The molecule has 2 heterocycles. The number of aromatic nitrogens is 2. The molecule has 0 aliphatic carbocycles. The number of nitrogens with zero attached hydrogens (tertiary/aromatic N) is 1. The summed E-state index contributed by atoms with van der Waals surface area (Å²) in [6.07, 6.45) is -3.14. The van der Waals surface area contributed by atoms with Crippen molar-refractivity contribution in [3.8, 4) is 0 Å². The van der Waals surface area contributed by atoms with Gasteiger partial charge in [-0.2, -0.15) is 4.39 Å². The predicted molar refractivity (Wildman–Crippen MR) is 126 cm³/mol. The third kappa shape index (κ3) is 5.50. The number of rotatable bonds is 6. The first-order valence-electron chi connectivity index (χ1n) is 10.9. The van der Waals surface area contributed by atoms with Crippen LogP contribution in [0.2, 0.25) is 36.3 Å². The molecule has 1 aromatic rings. The van der Waals surface area contributed by atoms with E-state index in [1.54, 1.807) is 0 Å². The second-order valence-corrected chi connectivity index (χ2v) is 21.2. The monoisotopic (exact) mass is 490 g/mol. The summed E-state index contributed by atoms with van der Waals surface area (Å²) in [4.78, 5) is 25.7. The van der Waals surface area contributed by atoms with Gasteiger partial charge in [0.25, 0.3) is 5.56 Å². The van der Waals surface area contributed by atoms with E-state index in [1.807, 2.05) is 4.98 Å². The lowest BCUT2D eigenvalue weighted by atomic mass is 10.1. The molecule has 1 aliphatic heterocycles. The van der Waals surface area contributed by atoms with Crippen LogP contribution in [-0.2, 0) is 13.6 Å². The number of aliphatic hydroxyl groups excluding tert-OH is 1. The minimum absolute atomic E-state index is 0.0294. The molecule has 4 atom stereocenters. The lowest BCUT2D eigenvalue weighted by Gasteiger charge is -2.41. The van der Waals surface area contributed by atoms with Crippen molar-refractivity contribution < 1.29 is 23.1 Å². The average molecular weight is 491 g/mol. The molecule has 1 aliphatic rings. The van der Waals surface area contributed by atoms with Crippen LogP contribution in [0.4, 0.5) is 4.39 Å². The molecule has 0 amide bonds. The molecular formula is C21H39FN2O6Si2. The van der Waals surface area contributed by atoms with E-state index in [1.165, 1.54) is 0 Å². The standard InChI is InChI=1S/C21H39FN2O6Si2/c1-20(2,3)31(7,8)28-12-14-16(30-32(9,10)21(4,5)6)15(25)18(29-14)24-11-13(22)17(26)23-19(24)27/h11,14-16,18,25H,12H2,1-10H3,(H,23,26,27)/t14-,15-,16-,18-/m1/s1. The van der Waals surface area contributed by atoms with E-state index in [0.717, 1.165) is 10.8 Å². The van der Waals surface area contributed by atoms with Gasteiger partial charge in [-0.15, -0.1) is 0 Å². The van der Waals surface area contributed by atoms with Crippen molar-refractivity contribution in [2.24, 2.45) is 0 Å². The number of aliphatic hydroxyl groups is 1. The Balaban J connectivity index is 2.41. The van der Waals surface area contributed by atoms with Gasteiger partial charge in [-0.3, -0.25) is 14.3 Å². The van der Waals surface area contributed by atoms with E-state index in [4.69, 9.17) is 13.6 Å². The number of hydrogen-bond donors (Lipinski definition) is 2. The first-order chi connectivity index (χ1) is 14.3. The van der Waals surface area contributed by atoms with Crippen LogP contribution in [0.5, 0.6) is 0 Å². The van der Waals surface area contributed by atoms with Gasteiger partial charge in [0.05, 0.1) is 12.8 Å². The van der Waals surface area contributed by atoms with E-state index in [-0.39, 0.29) is 16.7 Å². The van der Waals surface area contributed by atoms with Gasteiger partial charge in [0.1, 0.15) is 18.3 Å². The van der Waals surface area contributed by atoms with Crippen LogP contribution < -0.4 is 11.2 Å². The summed E-state index contributed by atoms with van der Waals surface area (Å²) in [5, 5.41) is 11.0. The third-order valence-corrected chi connectivity index (χ3v) is 16.1. The number of halogens is 1. The molecule has 11 heteroatoms. The Hall–Kier alpha value is -1.12. The van der Waals surface area contributed by atoms with Crippen LogP contribution in [0.25, 0.3) is 0 Å². The molecule has 184 valence electrons. The highest BCUT2D eigenvalue weighted by atomic mass is 28.4. The molecule has 0 radical (unpaired) electrons. The maximum atomic E-state index is 13.9. The van der Waals surface area contributed by atoms with Gasteiger partial charge in [-0.25, -0.2) is 4.79 Å². The first-order valence-corrected chi connectivity index (χ1v) is 16.8. The zero-order chi connectivity index (χ0) is 24.9. The lowest BCUT2D eigenvalue weighted by Crippen LogP contribution is -2.51. The van der Waals surface area contributed by atoms with Crippen molar-refractivity contribution in [1.29, 1.82) is 0 Å². The topological polar surface area (TPSA) is 103 Å². The van der Waals surface area contributed by atoms with Crippen molar-refractivity contribution in [2.75, 3.05) is 6.61 Å². The molecule has 2 rings (SSSR count). The van der Waals surface area contributed by atoms with Gasteiger partial charge in [0.15, 0.2) is 22.9 Å². The van der Waals surface area contributed by atoms with Gasteiger partial charge >= 0.3 is 5.69 Å². The van der Waals surface area contributed by atoms with Crippen LogP contribution in [0.3, 0.4) is 0 Å². The Bertz CT molecular complexity index is 932. The quantitative estimate of drug-likeness (QED) is 0.593. The summed E-state index contributed by atoms with van der Waals surface area (Å²) in [5.74, 6) is -1.14. The fraction of sp³-hybridized carbons (Fsp3) is 0.810. The van der Waals surface area contributed by atoms with Crippen molar-refractivity contribution >= 4 is 16.6 Å². The Morgan fingerprint density at radius 2 is 1.62 bits per heavy atom. The van der Waals surface area contributed by atoms with Gasteiger partial charge < -0.3 is 18.7 Å².